The molecular formula is C14H25NO3. The maximum absolute atomic E-state index is 11.1. The van der Waals surface area contributed by atoms with E-state index in [1.807, 2.05) is 0 Å². The average Bonchev–Trinajstić information content (AvgIpc) is 2.11. The van der Waals surface area contributed by atoms with Crippen molar-refractivity contribution >= 4 is 5.97 Å². The minimum Gasteiger partial charge on any atom is -0.495 e. The minimum atomic E-state index is -0.375. The van der Waals surface area contributed by atoms with E-state index in [9.17, 15) is 4.79 Å². The quantitative estimate of drug-likeness (QED) is 0.478. The number of carbonyl (C=O) groups is 1. The van der Waals surface area contributed by atoms with Crippen molar-refractivity contribution in [2.75, 3.05) is 7.11 Å². The Hall–Kier alpha value is -1.03. The SMILES string of the molecule is COC(=O)/C=C(/C)OC1CC(C)(C)NC(C)(C)C1. The number of hydrogen-bond donors (Lipinski definition) is 1. The van der Waals surface area contributed by atoms with Crippen molar-refractivity contribution in [1.29, 1.82) is 0 Å². The Bertz CT molecular complexity index is 329. The monoisotopic (exact) mass is 255 g/mol. The van der Waals surface area contributed by atoms with E-state index in [0.717, 1.165) is 12.8 Å². The molecule has 18 heavy (non-hydrogen) atoms. The fourth-order valence-corrected chi connectivity index (χ4v) is 2.83. The number of carbonyl (C=O) groups excluding carboxylic acids is 1. The molecule has 1 rings (SSSR count). The molecule has 0 aromatic heterocycles. The van der Waals surface area contributed by atoms with Crippen LogP contribution in [0, 0.1) is 0 Å². The highest BCUT2D eigenvalue weighted by atomic mass is 16.5. The molecule has 1 N–H and O–H groups in total. The van der Waals surface area contributed by atoms with Gasteiger partial charge in [-0.2, -0.15) is 0 Å². The molecule has 0 aromatic carbocycles. The second kappa shape index (κ2) is 5.31. The third kappa shape index (κ3) is 4.69. The first-order valence-electron chi connectivity index (χ1n) is 6.36. The van der Waals surface area contributed by atoms with Crippen molar-refractivity contribution in [2.24, 2.45) is 0 Å². The first-order chi connectivity index (χ1) is 8.13. The van der Waals surface area contributed by atoms with Gasteiger partial charge in [0.25, 0.3) is 0 Å². The fourth-order valence-electron chi connectivity index (χ4n) is 2.83. The fraction of sp³-hybridized carbons (Fsp3) is 0.786. The van der Waals surface area contributed by atoms with Gasteiger partial charge in [-0.05, 0) is 34.6 Å². The Morgan fingerprint density at radius 2 is 1.72 bits per heavy atom. The highest BCUT2D eigenvalue weighted by Gasteiger charge is 2.38. The van der Waals surface area contributed by atoms with Gasteiger partial charge in [-0.1, -0.05) is 0 Å². The lowest BCUT2D eigenvalue weighted by Crippen LogP contribution is -2.59. The Morgan fingerprint density at radius 1 is 1.22 bits per heavy atom. The molecule has 0 spiro atoms. The standard InChI is InChI=1S/C14H25NO3/c1-10(7-12(16)17-6)18-11-8-13(2,3)15-14(4,5)9-11/h7,11,15H,8-9H2,1-6H3/b10-7-. The summed E-state index contributed by atoms with van der Waals surface area (Å²) in [5.41, 5.74) is 0.0793. The first-order valence-corrected chi connectivity index (χ1v) is 6.36. The molecule has 0 bridgehead atoms. The molecule has 1 aliphatic heterocycles. The van der Waals surface area contributed by atoms with E-state index in [2.05, 4.69) is 37.7 Å². The molecule has 1 heterocycles. The molecule has 0 amide bonds. The summed E-state index contributed by atoms with van der Waals surface area (Å²) >= 11 is 0. The van der Waals surface area contributed by atoms with Crippen LogP contribution in [0.5, 0.6) is 0 Å². The van der Waals surface area contributed by atoms with Crippen LogP contribution in [-0.2, 0) is 14.3 Å². The smallest absolute Gasteiger partial charge is 0.333 e. The van der Waals surface area contributed by atoms with Gasteiger partial charge < -0.3 is 14.8 Å². The van der Waals surface area contributed by atoms with E-state index < -0.39 is 0 Å². The van der Waals surface area contributed by atoms with Crippen LogP contribution in [0.25, 0.3) is 0 Å². The van der Waals surface area contributed by atoms with Gasteiger partial charge in [-0.3, -0.25) is 0 Å². The highest BCUT2D eigenvalue weighted by Crippen LogP contribution is 2.31. The molecule has 0 radical (unpaired) electrons. The minimum absolute atomic E-state index is 0.0396. The van der Waals surface area contributed by atoms with Crippen LogP contribution in [0.4, 0.5) is 0 Å². The van der Waals surface area contributed by atoms with Crippen LogP contribution in [0.2, 0.25) is 0 Å². The van der Waals surface area contributed by atoms with Crippen molar-refractivity contribution in [2.45, 2.75) is 64.6 Å². The molecule has 0 aliphatic carbocycles. The molecule has 0 atom stereocenters. The number of hydrogen-bond acceptors (Lipinski definition) is 4. The number of methoxy groups -OCH3 is 1. The van der Waals surface area contributed by atoms with Crippen LogP contribution in [0.3, 0.4) is 0 Å². The molecule has 4 nitrogen and oxygen atoms in total. The van der Waals surface area contributed by atoms with E-state index >= 15 is 0 Å². The number of nitrogens with one attached hydrogen (secondary N) is 1. The van der Waals surface area contributed by atoms with Crippen molar-refractivity contribution < 1.29 is 14.3 Å². The molecule has 0 aromatic rings. The molecule has 104 valence electrons. The maximum Gasteiger partial charge on any atom is 0.333 e. The molecule has 1 saturated heterocycles. The molecule has 1 aliphatic rings. The van der Waals surface area contributed by atoms with E-state index in [1.165, 1.54) is 13.2 Å². The molecule has 4 heteroatoms. The average molecular weight is 255 g/mol. The van der Waals surface area contributed by atoms with Crippen LogP contribution >= 0.6 is 0 Å². The van der Waals surface area contributed by atoms with Gasteiger partial charge in [0.05, 0.1) is 13.2 Å². The summed E-state index contributed by atoms with van der Waals surface area (Å²) in [7, 11) is 1.36. The molecule has 0 unspecified atom stereocenters. The van der Waals surface area contributed by atoms with Gasteiger partial charge in [0.1, 0.15) is 11.9 Å². The van der Waals surface area contributed by atoms with Crippen LogP contribution in [0.1, 0.15) is 47.5 Å². The predicted octanol–water partition coefficient (Wildman–Crippen LogP) is 2.39. The van der Waals surface area contributed by atoms with E-state index in [-0.39, 0.29) is 23.2 Å². The summed E-state index contributed by atoms with van der Waals surface area (Å²) in [4.78, 5) is 11.1. The van der Waals surface area contributed by atoms with Gasteiger partial charge in [0.15, 0.2) is 0 Å². The second-order valence-electron chi connectivity index (χ2n) is 6.32. The third-order valence-electron chi connectivity index (χ3n) is 3.03. The van der Waals surface area contributed by atoms with Gasteiger partial charge in [0.2, 0.25) is 0 Å². The van der Waals surface area contributed by atoms with Gasteiger partial charge in [0, 0.05) is 23.9 Å². The predicted molar refractivity (Wildman–Crippen MR) is 71.2 cm³/mol. The Kier molecular flexibility index (Phi) is 4.43. The van der Waals surface area contributed by atoms with Crippen molar-refractivity contribution in [3.8, 4) is 0 Å². The second-order valence-corrected chi connectivity index (χ2v) is 6.32. The van der Waals surface area contributed by atoms with Crippen LogP contribution in [-0.4, -0.2) is 30.3 Å². The van der Waals surface area contributed by atoms with Crippen molar-refractivity contribution in [3.63, 3.8) is 0 Å². The third-order valence-corrected chi connectivity index (χ3v) is 3.03. The number of ether oxygens (including phenoxy) is 2. The summed E-state index contributed by atoms with van der Waals surface area (Å²) in [5.74, 6) is 0.236. The summed E-state index contributed by atoms with van der Waals surface area (Å²) < 4.78 is 10.4. The molecular weight excluding hydrogens is 230 g/mol. The van der Waals surface area contributed by atoms with Crippen LogP contribution < -0.4 is 5.32 Å². The van der Waals surface area contributed by atoms with E-state index in [1.54, 1.807) is 6.92 Å². The highest BCUT2D eigenvalue weighted by molar-refractivity contribution is 5.82. The number of allylic oxidation sites excluding steroid dienone is 1. The van der Waals surface area contributed by atoms with Gasteiger partial charge in [-0.25, -0.2) is 4.79 Å². The number of rotatable bonds is 3. The van der Waals surface area contributed by atoms with Crippen molar-refractivity contribution in [1.82, 2.24) is 5.32 Å². The lowest BCUT2D eigenvalue weighted by Gasteiger charge is -2.46. The summed E-state index contributed by atoms with van der Waals surface area (Å²) in [6.07, 6.45) is 3.35. The summed E-state index contributed by atoms with van der Waals surface area (Å²) in [6.45, 7) is 10.5. The maximum atomic E-state index is 11.1. The summed E-state index contributed by atoms with van der Waals surface area (Å²) in [5, 5.41) is 3.60. The van der Waals surface area contributed by atoms with Gasteiger partial charge >= 0.3 is 5.97 Å². The zero-order valence-electron chi connectivity index (χ0n) is 12.3. The first kappa shape index (κ1) is 15.0. The molecule has 1 fully saturated rings. The lowest BCUT2D eigenvalue weighted by molar-refractivity contribution is -0.135. The van der Waals surface area contributed by atoms with Crippen molar-refractivity contribution in [3.05, 3.63) is 11.8 Å². The molecule has 0 saturated carbocycles. The Labute approximate surface area is 110 Å². The summed E-state index contributed by atoms with van der Waals surface area (Å²) in [6, 6.07) is 0. The normalized spacial score (nSPS) is 23.6. The zero-order valence-corrected chi connectivity index (χ0v) is 12.3. The number of esters is 1. The lowest BCUT2D eigenvalue weighted by atomic mass is 9.81. The Balaban J connectivity index is 2.67. The Morgan fingerprint density at radius 3 is 2.17 bits per heavy atom. The van der Waals surface area contributed by atoms with E-state index in [0.29, 0.717) is 5.76 Å². The van der Waals surface area contributed by atoms with E-state index in [4.69, 9.17) is 4.74 Å². The van der Waals surface area contributed by atoms with Gasteiger partial charge in [-0.15, -0.1) is 0 Å². The van der Waals surface area contributed by atoms with Crippen LogP contribution in [0.15, 0.2) is 11.8 Å². The zero-order chi connectivity index (χ0) is 14.0. The topological polar surface area (TPSA) is 47.6 Å². The number of piperidine rings is 1. The largest absolute Gasteiger partial charge is 0.495 e.